The van der Waals surface area contributed by atoms with Gasteiger partial charge in [0.15, 0.2) is 0 Å². The van der Waals surface area contributed by atoms with Crippen molar-refractivity contribution in [1.82, 2.24) is 19.3 Å². The van der Waals surface area contributed by atoms with E-state index < -0.39 is 0 Å². The Morgan fingerprint density at radius 3 is 2.77 bits per heavy atom. The summed E-state index contributed by atoms with van der Waals surface area (Å²) in [5.41, 5.74) is 12.3. The summed E-state index contributed by atoms with van der Waals surface area (Å²) in [6, 6.07) is 10.3. The molecule has 1 unspecified atom stereocenters. The third-order valence-electron chi connectivity index (χ3n) is 7.27. The number of allylic oxidation sites excluding steroid dienone is 5. The Kier molecular flexibility index (Phi) is 5.52. The molecular weight excluding hydrogens is 436 g/mol. The third-order valence-corrected chi connectivity index (χ3v) is 7.27. The number of nitrogens with two attached hydrogens (primary N) is 1. The Labute approximate surface area is 204 Å². The number of hydrogen-bond acceptors (Lipinski definition) is 5. The lowest BCUT2D eigenvalue weighted by Crippen LogP contribution is -2.33. The summed E-state index contributed by atoms with van der Waals surface area (Å²) in [4.78, 5) is 27.4. The summed E-state index contributed by atoms with van der Waals surface area (Å²) in [7, 11) is 0. The van der Waals surface area contributed by atoms with Crippen LogP contribution in [0, 0.1) is 11.8 Å². The summed E-state index contributed by atoms with van der Waals surface area (Å²) in [6.45, 7) is 1.61. The number of likely N-dealkylation sites (tertiary alicyclic amines) is 1. The maximum atomic E-state index is 11.1. The van der Waals surface area contributed by atoms with Gasteiger partial charge in [0.2, 0.25) is 6.41 Å². The van der Waals surface area contributed by atoms with Crippen LogP contribution in [0.4, 0.5) is 5.82 Å². The highest BCUT2D eigenvalue weighted by molar-refractivity contribution is 6.10. The largest absolute Gasteiger partial charge is 0.382 e. The number of aliphatic imine (C=N–C) groups is 1. The zero-order valence-electron chi connectivity index (χ0n) is 19.5. The fourth-order valence-electron chi connectivity index (χ4n) is 5.30. The molecule has 0 radical (unpaired) electrons. The molecule has 2 aliphatic heterocycles. The Morgan fingerprint density at radius 1 is 1.14 bits per heavy atom. The third kappa shape index (κ3) is 4.07. The first-order valence-corrected chi connectivity index (χ1v) is 12.2. The molecule has 2 aromatic heterocycles. The van der Waals surface area contributed by atoms with E-state index >= 15 is 0 Å². The molecule has 0 saturated carbocycles. The fourth-order valence-corrected chi connectivity index (χ4v) is 5.30. The van der Waals surface area contributed by atoms with Gasteiger partial charge in [-0.3, -0.25) is 14.2 Å². The van der Waals surface area contributed by atoms with Gasteiger partial charge in [0, 0.05) is 49.1 Å². The lowest BCUT2D eigenvalue weighted by Gasteiger charge is -2.28. The van der Waals surface area contributed by atoms with Crippen molar-refractivity contribution >= 4 is 34.7 Å². The van der Waals surface area contributed by atoms with E-state index in [0.29, 0.717) is 11.7 Å². The monoisotopic (exact) mass is 464 g/mol. The number of nitrogens with zero attached hydrogens (tertiary/aromatic N) is 5. The number of carbonyl (C=O) groups is 1. The number of piperidine rings is 1. The lowest BCUT2D eigenvalue weighted by atomic mass is 9.88. The molecule has 0 spiro atoms. The molecule has 176 valence electrons. The molecule has 1 saturated heterocycles. The molecule has 1 amide bonds. The van der Waals surface area contributed by atoms with E-state index in [2.05, 4.69) is 45.8 Å². The normalized spacial score (nSPS) is 20.3. The first-order valence-electron chi connectivity index (χ1n) is 12.2. The number of fused-ring (bicyclic) bond motifs is 2. The van der Waals surface area contributed by atoms with Gasteiger partial charge in [0.25, 0.3) is 0 Å². The van der Waals surface area contributed by atoms with Gasteiger partial charge in [-0.25, -0.2) is 9.97 Å². The quantitative estimate of drug-likeness (QED) is 0.574. The van der Waals surface area contributed by atoms with Gasteiger partial charge in [-0.1, -0.05) is 48.6 Å². The Hall–Kier alpha value is -4.00. The van der Waals surface area contributed by atoms with Gasteiger partial charge < -0.3 is 10.6 Å². The molecule has 35 heavy (non-hydrogen) atoms. The molecule has 0 bridgehead atoms. The van der Waals surface area contributed by atoms with Gasteiger partial charge in [0.05, 0.1) is 5.70 Å². The topological polar surface area (TPSA) is 88.9 Å². The van der Waals surface area contributed by atoms with Gasteiger partial charge in [0.1, 0.15) is 22.9 Å². The first-order chi connectivity index (χ1) is 17.2. The van der Waals surface area contributed by atoms with E-state index in [4.69, 9.17) is 15.7 Å². The number of rotatable bonds is 5. The van der Waals surface area contributed by atoms with Crippen LogP contribution in [0.2, 0.25) is 0 Å². The summed E-state index contributed by atoms with van der Waals surface area (Å²) < 4.78 is 2.09. The number of nitrogen functional groups attached to an aromatic ring is 1. The predicted molar refractivity (Wildman–Crippen MR) is 139 cm³/mol. The van der Waals surface area contributed by atoms with Gasteiger partial charge in [-0.2, -0.15) is 0 Å². The minimum absolute atomic E-state index is 0.276. The SMILES string of the molecule is Nc1nccn2c(CC3CCN(C=O)CC3)nc(C3=CC4=NC(c5ccccc5)=CCC4C=C3)c12. The highest BCUT2D eigenvalue weighted by atomic mass is 16.1. The highest BCUT2D eigenvalue weighted by Gasteiger charge is 2.25. The van der Waals surface area contributed by atoms with Crippen LogP contribution in [0.3, 0.4) is 0 Å². The molecule has 3 aromatic rings. The van der Waals surface area contributed by atoms with Gasteiger partial charge >= 0.3 is 0 Å². The maximum Gasteiger partial charge on any atom is 0.209 e. The zero-order chi connectivity index (χ0) is 23.8. The highest BCUT2D eigenvalue weighted by Crippen LogP contribution is 2.34. The molecule has 7 heteroatoms. The smallest absolute Gasteiger partial charge is 0.209 e. The van der Waals surface area contributed by atoms with Crippen molar-refractivity contribution in [3.05, 3.63) is 84.1 Å². The molecule has 2 N–H and O–H groups in total. The fraction of sp³-hybridized carbons (Fsp3) is 0.286. The van der Waals surface area contributed by atoms with Crippen molar-refractivity contribution in [2.75, 3.05) is 18.8 Å². The average molecular weight is 465 g/mol. The van der Waals surface area contributed by atoms with Crippen LogP contribution < -0.4 is 5.73 Å². The van der Waals surface area contributed by atoms with E-state index in [-0.39, 0.29) is 5.92 Å². The van der Waals surface area contributed by atoms with Crippen LogP contribution >= 0.6 is 0 Å². The number of aromatic nitrogens is 3. The van der Waals surface area contributed by atoms with Crippen molar-refractivity contribution in [3.8, 4) is 0 Å². The van der Waals surface area contributed by atoms with Crippen LogP contribution in [0.25, 0.3) is 16.8 Å². The molecule has 1 aromatic carbocycles. The molecule has 1 atom stereocenters. The van der Waals surface area contributed by atoms with E-state index in [1.54, 1.807) is 6.20 Å². The van der Waals surface area contributed by atoms with Crippen molar-refractivity contribution in [2.45, 2.75) is 25.7 Å². The van der Waals surface area contributed by atoms with Gasteiger partial charge in [-0.15, -0.1) is 0 Å². The average Bonchev–Trinajstić information content (AvgIpc) is 3.28. The standard InChI is InChI=1S/C28H28N6O/c29-28-27-26(32-25(34(27)15-12-30-28)16-19-10-13-33(18-35)14-11-19)22-7-6-21-8-9-23(31-24(21)17-22)20-4-2-1-3-5-20/h1-7,9,12,15,17-19,21H,8,10-11,13-14,16H2,(H2,29,30). The van der Waals surface area contributed by atoms with Crippen molar-refractivity contribution in [3.63, 3.8) is 0 Å². The van der Waals surface area contributed by atoms with Crippen LogP contribution in [0.1, 0.15) is 36.3 Å². The van der Waals surface area contributed by atoms with Crippen LogP contribution in [0.5, 0.6) is 0 Å². The van der Waals surface area contributed by atoms with Crippen LogP contribution in [-0.2, 0) is 11.2 Å². The minimum Gasteiger partial charge on any atom is -0.382 e. The number of amides is 1. The second-order valence-corrected chi connectivity index (χ2v) is 9.49. The summed E-state index contributed by atoms with van der Waals surface area (Å²) in [5, 5.41) is 0. The Bertz CT molecular complexity index is 1390. The first kappa shape index (κ1) is 21.5. The van der Waals surface area contributed by atoms with E-state index in [0.717, 1.165) is 84.8 Å². The van der Waals surface area contributed by atoms with Crippen molar-refractivity contribution in [2.24, 2.45) is 16.8 Å². The van der Waals surface area contributed by atoms with Crippen molar-refractivity contribution in [1.29, 1.82) is 0 Å². The van der Waals surface area contributed by atoms with Crippen LogP contribution in [-0.4, -0.2) is 44.5 Å². The number of benzene rings is 1. The second kappa shape index (κ2) is 8.98. The number of hydrogen-bond donors (Lipinski definition) is 1. The minimum atomic E-state index is 0.276. The summed E-state index contributed by atoms with van der Waals surface area (Å²) in [6.07, 6.45) is 17.1. The molecule has 6 rings (SSSR count). The van der Waals surface area contributed by atoms with Crippen molar-refractivity contribution < 1.29 is 4.79 Å². The molecule has 4 heterocycles. The lowest BCUT2D eigenvalue weighted by molar-refractivity contribution is -0.119. The molecule has 1 aliphatic carbocycles. The molecule has 7 nitrogen and oxygen atoms in total. The summed E-state index contributed by atoms with van der Waals surface area (Å²) in [5.74, 6) is 2.23. The second-order valence-electron chi connectivity index (χ2n) is 9.49. The molecule has 1 fully saturated rings. The van der Waals surface area contributed by atoms with Gasteiger partial charge in [-0.05, 0) is 36.8 Å². The number of imidazole rings is 1. The molecular formula is C28H28N6O. The predicted octanol–water partition coefficient (Wildman–Crippen LogP) is 4.18. The Balaban J connectivity index is 1.35. The summed E-state index contributed by atoms with van der Waals surface area (Å²) >= 11 is 0. The number of carbonyl (C=O) groups excluding carboxylic acids is 1. The van der Waals surface area contributed by atoms with E-state index in [1.807, 2.05) is 29.3 Å². The zero-order valence-corrected chi connectivity index (χ0v) is 19.5. The Morgan fingerprint density at radius 2 is 1.97 bits per heavy atom. The number of anilines is 1. The van der Waals surface area contributed by atoms with Crippen LogP contribution in [0.15, 0.2) is 72.0 Å². The maximum absolute atomic E-state index is 11.1. The molecule has 3 aliphatic rings. The van der Waals surface area contributed by atoms with E-state index in [1.165, 1.54) is 0 Å². The van der Waals surface area contributed by atoms with E-state index in [9.17, 15) is 4.79 Å².